The number of nitrogens with zero attached hydrogens (tertiary/aromatic N) is 2. The van der Waals surface area contributed by atoms with Gasteiger partial charge in [0.25, 0.3) is 5.91 Å². The van der Waals surface area contributed by atoms with Crippen molar-refractivity contribution in [3.05, 3.63) is 40.1 Å². The molecular formula is C14H14BrF2N3O2. The van der Waals surface area contributed by atoms with E-state index in [1.54, 1.807) is 17.8 Å². The summed E-state index contributed by atoms with van der Waals surface area (Å²) in [7, 11) is 0. The van der Waals surface area contributed by atoms with Crippen LogP contribution in [-0.4, -0.2) is 22.3 Å². The van der Waals surface area contributed by atoms with E-state index in [2.05, 4.69) is 31.1 Å². The Morgan fingerprint density at radius 3 is 2.77 bits per heavy atom. The summed E-state index contributed by atoms with van der Waals surface area (Å²) in [5.41, 5.74) is 1.37. The summed E-state index contributed by atoms with van der Waals surface area (Å²) in [6.07, 6.45) is 1.71. The predicted octanol–water partition coefficient (Wildman–Crippen LogP) is 3.83. The highest BCUT2D eigenvalue weighted by molar-refractivity contribution is 9.10. The summed E-state index contributed by atoms with van der Waals surface area (Å²) >= 11 is 3.28. The molecule has 0 unspecified atom stereocenters. The van der Waals surface area contributed by atoms with Crippen molar-refractivity contribution in [2.45, 2.75) is 27.0 Å². The number of hydrogen-bond acceptors (Lipinski definition) is 3. The normalized spacial score (nSPS) is 10.8. The third kappa shape index (κ3) is 3.82. The molecule has 0 spiro atoms. The fraction of sp³-hybridized carbons (Fsp3) is 0.286. The second-order valence-electron chi connectivity index (χ2n) is 4.49. The summed E-state index contributed by atoms with van der Waals surface area (Å²) in [5, 5.41) is 6.84. The first-order valence-corrected chi connectivity index (χ1v) is 7.29. The zero-order valence-corrected chi connectivity index (χ0v) is 13.5. The van der Waals surface area contributed by atoms with Crippen molar-refractivity contribution in [3.63, 3.8) is 0 Å². The lowest BCUT2D eigenvalue weighted by Crippen LogP contribution is -2.14. The first-order chi connectivity index (χ1) is 10.4. The zero-order valence-electron chi connectivity index (χ0n) is 11.9. The van der Waals surface area contributed by atoms with Crippen LogP contribution in [0.1, 0.15) is 23.0 Å². The maximum atomic E-state index is 12.2. The Kier molecular flexibility index (Phi) is 5.12. The lowest BCUT2D eigenvalue weighted by molar-refractivity contribution is -0.0498. The van der Waals surface area contributed by atoms with Crippen LogP contribution < -0.4 is 10.1 Å². The van der Waals surface area contributed by atoms with Crippen molar-refractivity contribution >= 4 is 27.5 Å². The number of nitrogens with one attached hydrogen (secondary N) is 1. The van der Waals surface area contributed by atoms with Crippen molar-refractivity contribution < 1.29 is 18.3 Å². The molecule has 118 valence electrons. The number of aryl methyl sites for hydroxylation is 2. The third-order valence-corrected chi connectivity index (χ3v) is 3.51. The van der Waals surface area contributed by atoms with Gasteiger partial charge in [-0.3, -0.25) is 9.48 Å². The van der Waals surface area contributed by atoms with Gasteiger partial charge in [-0.25, -0.2) is 0 Å². The van der Waals surface area contributed by atoms with Crippen molar-refractivity contribution in [1.82, 2.24) is 9.78 Å². The number of halogens is 3. The highest BCUT2D eigenvalue weighted by atomic mass is 79.9. The monoisotopic (exact) mass is 373 g/mol. The molecular weight excluding hydrogens is 360 g/mol. The van der Waals surface area contributed by atoms with E-state index in [0.29, 0.717) is 22.3 Å². The second kappa shape index (κ2) is 6.87. The SMILES string of the molecule is CCn1cc(Br)c(C(=O)Nc2ccc(OC(F)F)cc2C)n1. The molecule has 0 aliphatic rings. The van der Waals surface area contributed by atoms with Crippen molar-refractivity contribution in [3.8, 4) is 5.75 Å². The minimum atomic E-state index is -2.88. The van der Waals surface area contributed by atoms with Crippen LogP contribution in [0, 0.1) is 6.92 Å². The minimum absolute atomic E-state index is 0.0435. The molecule has 0 saturated carbocycles. The van der Waals surface area contributed by atoms with Gasteiger partial charge in [-0.15, -0.1) is 0 Å². The van der Waals surface area contributed by atoms with E-state index >= 15 is 0 Å². The summed E-state index contributed by atoms with van der Waals surface area (Å²) in [4.78, 5) is 12.2. The van der Waals surface area contributed by atoms with E-state index in [0.717, 1.165) is 0 Å². The number of amides is 1. The van der Waals surface area contributed by atoms with Crippen LogP contribution in [0.25, 0.3) is 0 Å². The van der Waals surface area contributed by atoms with Crippen LogP contribution in [0.3, 0.4) is 0 Å². The van der Waals surface area contributed by atoms with Crippen molar-refractivity contribution in [1.29, 1.82) is 0 Å². The van der Waals surface area contributed by atoms with Crippen LogP contribution in [-0.2, 0) is 6.54 Å². The van der Waals surface area contributed by atoms with E-state index < -0.39 is 6.61 Å². The molecule has 0 radical (unpaired) electrons. The number of alkyl halides is 2. The quantitative estimate of drug-likeness (QED) is 0.866. The molecule has 0 fully saturated rings. The van der Waals surface area contributed by atoms with Crippen LogP contribution in [0.2, 0.25) is 0 Å². The second-order valence-corrected chi connectivity index (χ2v) is 5.35. The van der Waals surface area contributed by atoms with E-state index in [9.17, 15) is 13.6 Å². The first-order valence-electron chi connectivity index (χ1n) is 6.50. The van der Waals surface area contributed by atoms with Gasteiger partial charge in [0.1, 0.15) is 5.75 Å². The van der Waals surface area contributed by atoms with Gasteiger partial charge in [0.2, 0.25) is 0 Å². The number of rotatable bonds is 5. The Morgan fingerprint density at radius 2 is 2.23 bits per heavy atom. The molecule has 0 bridgehead atoms. The molecule has 0 aliphatic heterocycles. The molecule has 2 rings (SSSR count). The van der Waals surface area contributed by atoms with Gasteiger partial charge in [-0.2, -0.15) is 13.9 Å². The number of carbonyl (C=O) groups is 1. The van der Waals surface area contributed by atoms with E-state index in [-0.39, 0.29) is 17.4 Å². The van der Waals surface area contributed by atoms with Crippen molar-refractivity contribution in [2.75, 3.05) is 5.32 Å². The fourth-order valence-corrected chi connectivity index (χ4v) is 2.34. The molecule has 1 amide bonds. The summed E-state index contributed by atoms with van der Waals surface area (Å²) in [6, 6.07) is 4.31. The Morgan fingerprint density at radius 1 is 1.50 bits per heavy atom. The van der Waals surface area contributed by atoms with Gasteiger partial charge < -0.3 is 10.1 Å². The van der Waals surface area contributed by atoms with E-state index in [1.165, 1.54) is 18.2 Å². The Labute approximate surface area is 134 Å². The topological polar surface area (TPSA) is 56.2 Å². The van der Waals surface area contributed by atoms with Gasteiger partial charge in [-0.1, -0.05) is 0 Å². The Hall–Kier alpha value is -1.96. The molecule has 0 atom stereocenters. The van der Waals surface area contributed by atoms with Crippen LogP contribution >= 0.6 is 15.9 Å². The first kappa shape index (κ1) is 16.4. The lowest BCUT2D eigenvalue weighted by atomic mass is 10.2. The molecule has 22 heavy (non-hydrogen) atoms. The number of carbonyl (C=O) groups excluding carboxylic acids is 1. The van der Waals surface area contributed by atoms with E-state index in [1.807, 2.05) is 6.92 Å². The maximum absolute atomic E-state index is 12.2. The standard InChI is InChI=1S/C14H14BrF2N3O2/c1-3-20-7-10(15)12(19-20)13(21)18-11-5-4-9(6-8(11)2)22-14(16)17/h4-7,14H,3H2,1-2H3,(H,18,21). The van der Waals surface area contributed by atoms with Gasteiger partial charge in [0.15, 0.2) is 5.69 Å². The largest absolute Gasteiger partial charge is 0.435 e. The molecule has 0 aliphatic carbocycles. The third-order valence-electron chi connectivity index (χ3n) is 2.93. The Balaban J connectivity index is 2.16. The summed E-state index contributed by atoms with van der Waals surface area (Å²) in [5.74, 6) is -0.341. The average Bonchev–Trinajstić information content (AvgIpc) is 2.82. The van der Waals surface area contributed by atoms with Crippen LogP contribution in [0.4, 0.5) is 14.5 Å². The van der Waals surface area contributed by atoms with Crippen LogP contribution in [0.5, 0.6) is 5.75 Å². The minimum Gasteiger partial charge on any atom is -0.435 e. The molecule has 0 saturated heterocycles. The Bertz CT molecular complexity index is 689. The molecule has 1 heterocycles. The molecule has 5 nitrogen and oxygen atoms in total. The molecule has 1 aromatic carbocycles. The number of anilines is 1. The molecule has 8 heteroatoms. The number of aromatic nitrogens is 2. The molecule has 1 aromatic heterocycles. The number of benzene rings is 1. The van der Waals surface area contributed by atoms with Crippen LogP contribution in [0.15, 0.2) is 28.9 Å². The highest BCUT2D eigenvalue weighted by Gasteiger charge is 2.16. The fourth-order valence-electron chi connectivity index (χ4n) is 1.85. The van der Waals surface area contributed by atoms with E-state index in [4.69, 9.17) is 0 Å². The maximum Gasteiger partial charge on any atom is 0.387 e. The predicted molar refractivity (Wildman–Crippen MR) is 81.4 cm³/mol. The number of hydrogen-bond donors (Lipinski definition) is 1. The van der Waals surface area contributed by atoms with Gasteiger partial charge in [-0.05, 0) is 53.5 Å². The average molecular weight is 374 g/mol. The van der Waals surface area contributed by atoms with Gasteiger partial charge in [0.05, 0.1) is 4.47 Å². The molecule has 2 aromatic rings. The summed E-state index contributed by atoms with van der Waals surface area (Å²) < 4.78 is 30.8. The lowest BCUT2D eigenvalue weighted by Gasteiger charge is -2.10. The van der Waals surface area contributed by atoms with Crippen molar-refractivity contribution in [2.24, 2.45) is 0 Å². The zero-order chi connectivity index (χ0) is 16.3. The van der Waals surface area contributed by atoms with Gasteiger partial charge >= 0.3 is 6.61 Å². The molecule has 1 N–H and O–H groups in total. The summed E-state index contributed by atoms with van der Waals surface area (Å²) in [6.45, 7) is 1.36. The smallest absolute Gasteiger partial charge is 0.387 e. The highest BCUT2D eigenvalue weighted by Crippen LogP contribution is 2.24. The number of ether oxygens (including phenoxy) is 1. The van der Waals surface area contributed by atoms with Gasteiger partial charge in [0, 0.05) is 18.4 Å².